The molecule has 6 heteroatoms. The summed E-state index contributed by atoms with van der Waals surface area (Å²) in [7, 11) is 1.30. The van der Waals surface area contributed by atoms with E-state index in [2.05, 4.69) is 0 Å². The first-order valence-electron chi connectivity index (χ1n) is 5.39. The number of nitro groups is 1. The van der Waals surface area contributed by atoms with Gasteiger partial charge in [-0.2, -0.15) is 0 Å². The van der Waals surface area contributed by atoms with Gasteiger partial charge in [0.1, 0.15) is 0 Å². The van der Waals surface area contributed by atoms with Crippen LogP contribution in [0.25, 0.3) is 0 Å². The molecule has 1 aromatic carbocycles. The van der Waals surface area contributed by atoms with Crippen molar-refractivity contribution in [2.24, 2.45) is 11.1 Å². The lowest BCUT2D eigenvalue weighted by Crippen LogP contribution is -2.37. The van der Waals surface area contributed by atoms with Gasteiger partial charge in [0.25, 0.3) is 5.69 Å². The summed E-state index contributed by atoms with van der Waals surface area (Å²) in [5, 5.41) is 10.5. The lowest BCUT2D eigenvalue weighted by molar-refractivity contribution is -0.384. The van der Waals surface area contributed by atoms with Gasteiger partial charge in [-0.3, -0.25) is 14.9 Å². The molecule has 0 amide bonds. The summed E-state index contributed by atoms with van der Waals surface area (Å²) in [6.45, 7) is 3.34. The van der Waals surface area contributed by atoms with Crippen molar-refractivity contribution < 1.29 is 14.5 Å². The summed E-state index contributed by atoms with van der Waals surface area (Å²) in [6.07, 6.45) is 0. The van der Waals surface area contributed by atoms with Gasteiger partial charge in [0.05, 0.1) is 17.4 Å². The van der Waals surface area contributed by atoms with E-state index in [0.29, 0.717) is 5.56 Å². The number of esters is 1. The number of ether oxygens (including phenoxy) is 1. The molecule has 0 aliphatic carbocycles. The zero-order valence-electron chi connectivity index (χ0n) is 10.5. The van der Waals surface area contributed by atoms with Gasteiger partial charge in [0, 0.05) is 18.2 Å². The Morgan fingerprint density at radius 3 is 2.28 bits per heavy atom. The average molecular weight is 252 g/mol. The van der Waals surface area contributed by atoms with E-state index < -0.39 is 22.3 Å². The van der Waals surface area contributed by atoms with E-state index in [4.69, 9.17) is 10.5 Å². The molecular formula is C12H16N2O4. The van der Waals surface area contributed by atoms with E-state index in [1.807, 2.05) is 0 Å². The molecule has 1 aromatic rings. The fraction of sp³-hybridized carbons (Fsp3) is 0.417. The highest BCUT2D eigenvalue weighted by atomic mass is 16.6. The summed E-state index contributed by atoms with van der Waals surface area (Å²) < 4.78 is 4.69. The van der Waals surface area contributed by atoms with Crippen LogP contribution in [0.5, 0.6) is 0 Å². The number of methoxy groups -OCH3 is 1. The monoisotopic (exact) mass is 252 g/mol. The Bertz CT molecular complexity index is 454. The Morgan fingerprint density at radius 1 is 1.39 bits per heavy atom. The third kappa shape index (κ3) is 2.65. The van der Waals surface area contributed by atoms with Crippen molar-refractivity contribution in [3.05, 3.63) is 39.9 Å². The average Bonchev–Trinajstić information content (AvgIpc) is 2.36. The lowest BCUT2D eigenvalue weighted by Gasteiger charge is -2.28. The van der Waals surface area contributed by atoms with Crippen molar-refractivity contribution in [1.82, 2.24) is 0 Å². The highest BCUT2D eigenvalue weighted by Crippen LogP contribution is 2.33. The summed E-state index contributed by atoms with van der Waals surface area (Å²) in [6, 6.07) is 5.23. The first-order chi connectivity index (χ1) is 8.30. The van der Waals surface area contributed by atoms with Gasteiger partial charge >= 0.3 is 5.97 Å². The number of carbonyl (C=O) groups is 1. The van der Waals surface area contributed by atoms with Gasteiger partial charge in [-0.15, -0.1) is 0 Å². The molecule has 0 aromatic heterocycles. The second kappa shape index (κ2) is 5.14. The Morgan fingerprint density at radius 2 is 1.89 bits per heavy atom. The van der Waals surface area contributed by atoms with Gasteiger partial charge < -0.3 is 10.5 Å². The van der Waals surface area contributed by atoms with Gasteiger partial charge in [0.15, 0.2) is 0 Å². The Kier molecular flexibility index (Phi) is 4.03. The Hall–Kier alpha value is -1.95. The molecule has 1 rings (SSSR count). The van der Waals surface area contributed by atoms with Crippen LogP contribution in [0.1, 0.15) is 25.5 Å². The molecule has 0 unspecified atom stereocenters. The molecule has 0 saturated heterocycles. The minimum atomic E-state index is -0.898. The normalized spacial score (nSPS) is 12.9. The van der Waals surface area contributed by atoms with Crippen LogP contribution >= 0.6 is 0 Å². The highest BCUT2D eigenvalue weighted by molar-refractivity contribution is 5.77. The molecule has 6 nitrogen and oxygen atoms in total. The molecule has 0 aliphatic heterocycles. The minimum absolute atomic E-state index is 0.0122. The smallest absolute Gasteiger partial charge is 0.313 e. The SMILES string of the molecule is COC(=O)C(C)(C)[C@H](N)c1ccc([N+](=O)[O-])cc1. The van der Waals surface area contributed by atoms with Crippen LogP contribution in [0, 0.1) is 15.5 Å². The Balaban J connectivity index is 3.00. The van der Waals surface area contributed by atoms with Crippen molar-refractivity contribution in [2.75, 3.05) is 7.11 Å². The molecule has 0 fully saturated rings. The number of nitrogens with two attached hydrogens (primary N) is 1. The number of non-ortho nitro benzene ring substituents is 1. The van der Waals surface area contributed by atoms with Gasteiger partial charge in [0.2, 0.25) is 0 Å². The number of nitrogens with zero attached hydrogens (tertiary/aromatic N) is 1. The van der Waals surface area contributed by atoms with Crippen LogP contribution in [-0.2, 0) is 9.53 Å². The number of rotatable bonds is 4. The molecule has 0 aliphatic rings. The second-order valence-electron chi connectivity index (χ2n) is 4.54. The fourth-order valence-corrected chi connectivity index (χ4v) is 1.61. The van der Waals surface area contributed by atoms with E-state index >= 15 is 0 Å². The van der Waals surface area contributed by atoms with Crippen molar-refractivity contribution in [1.29, 1.82) is 0 Å². The van der Waals surface area contributed by atoms with Crippen LogP contribution in [0.2, 0.25) is 0 Å². The Labute approximate surface area is 105 Å². The third-order valence-corrected chi connectivity index (χ3v) is 2.95. The second-order valence-corrected chi connectivity index (χ2v) is 4.54. The molecule has 2 N–H and O–H groups in total. The topological polar surface area (TPSA) is 95.5 Å². The molecule has 1 atom stereocenters. The van der Waals surface area contributed by atoms with Gasteiger partial charge in [-0.25, -0.2) is 0 Å². The number of carbonyl (C=O) groups excluding carboxylic acids is 1. The molecule has 0 bridgehead atoms. The van der Waals surface area contributed by atoms with Crippen LogP contribution in [0.15, 0.2) is 24.3 Å². The summed E-state index contributed by atoms with van der Waals surface area (Å²) in [5.41, 5.74) is 5.74. The molecule has 18 heavy (non-hydrogen) atoms. The predicted molar refractivity (Wildman–Crippen MR) is 65.8 cm³/mol. The van der Waals surface area contributed by atoms with Crippen molar-refractivity contribution in [2.45, 2.75) is 19.9 Å². The van der Waals surface area contributed by atoms with Crippen LogP contribution in [0.3, 0.4) is 0 Å². The number of hydrogen-bond donors (Lipinski definition) is 1. The zero-order valence-corrected chi connectivity index (χ0v) is 10.5. The molecule has 0 spiro atoms. The summed E-state index contributed by atoms with van der Waals surface area (Å²) >= 11 is 0. The largest absolute Gasteiger partial charge is 0.469 e. The molecular weight excluding hydrogens is 236 g/mol. The van der Waals surface area contributed by atoms with Crippen molar-refractivity contribution in [3.8, 4) is 0 Å². The maximum atomic E-state index is 11.6. The van der Waals surface area contributed by atoms with Crippen LogP contribution in [-0.4, -0.2) is 18.0 Å². The molecule has 0 heterocycles. The number of nitro benzene ring substituents is 1. The predicted octanol–water partition coefficient (Wildman–Crippen LogP) is 1.79. The van der Waals surface area contributed by atoms with E-state index in [9.17, 15) is 14.9 Å². The lowest BCUT2D eigenvalue weighted by atomic mass is 9.81. The first-order valence-corrected chi connectivity index (χ1v) is 5.39. The fourth-order valence-electron chi connectivity index (χ4n) is 1.61. The maximum absolute atomic E-state index is 11.6. The van der Waals surface area contributed by atoms with Crippen LogP contribution < -0.4 is 5.73 Å². The standard InChI is InChI=1S/C12H16N2O4/c1-12(2,11(15)18-3)10(13)8-4-6-9(7-5-8)14(16)17/h4-7,10H,13H2,1-3H3/t10-/m1/s1. The van der Waals surface area contributed by atoms with E-state index in [0.717, 1.165) is 0 Å². The highest BCUT2D eigenvalue weighted by Gasteiger charge is 2.36. The van der Waals surface area contributed by atoms with Gasteiger partial charge in [-0.05, 0) is 19.4 Å². The first kappa shape index (κ1) is 14.1. The quantitative estimate of drug-likeness (QED) is 0.500. The zero-order chi connectivity index (χ0) is 13.9. The van der Waals surface area contributed by atoms with E-state index in [1.54, 1.807) is 26.0 Å². The van der Waals surface area contributed by atoms with E-state index in [-0.39, 0.29) is 5.69 Å². The molecule has 0 saturated carbocycles. The molecule has 0 radical (unpaired) electrons. The van der Waals surface area contributed by atoms with Crippen molar-refractivity contribution >= 4 is 11.7 Å². The molecule has 98 valence electrons. The number of benzene rings is 1. The summed E-state index contributed by atoms with van der Waals surface area (Å²) in [5.74, 6) is -0.423. The van der Waals surface area contributed by atoms with E-state index in [1.165, 1.54) is 19.2 Å². The van der Waals surface area contributed by atoms with Crippen LogP contribution in [0.4, 0.5) is 5.69 Å². The maximum Gasteiger partial charge on any atom is 0.313 e. The third-order valence-electron chi connectivity index (χ3n) is 2.95. The van der Waals surface area contributed by atoms with Crippen molar-refractivity contribution in [3.63, 3.8) is 0 Å². The minimum Gasteiger partial charge on any atom is -0.469 e. The number of hydrogen-bond acceptors (Lipinski definition) is 5. The summed E-state index contributed by atoms with van der Waals surface area (Å²) in [4.78, 5) is 21.7. The van der Waals surface area contributed by atoms with Gasteiger partial charge in [-0.1, -0.05) is 12.1 Å².